The number of aryl methyl sites for hydroxylation is 1. The van der Waals surface area contributed by atoms with E-state index in [0.29, 0.717) is 33.7 Å². The topological polar surface area (TPSA) is 89.1 Å². The van der Waals surface area contributed by atoms with E-state index in [9.17, 15) is 22.8 Å². The first-order valence-corrected chi connectivity index (χ1v) is 11.9. The van der Waals surface area contributed by atoms with Crippen LogP contribution >= 0.6 is 0 Å². The van der Waals surface area contributed by atoms with Crippen molar-refractivity contribution in [2.75, 3.05) is 14.2 Å². The molecule has 5 aromatic rings. The van der Waals surface area contributed by atoms with E-state index in [1.54, 1.807) is 36.4 Å². The van der Waals surface area contributed by atoms with E-state index in [1.807, 2.05) is 13.0 Å². The molecule has 0 aliphatic carbocycles. The highest BCUT2D eigenvalue weighted by Gasteiger charge is 2.32. The summed E-state index contributed by atoms with van der Waals surface area (Å²) >= 11 is 0. The van der Waals surface area contributed by atoms with Crippen LogP contribution in [0.4, 0.5) is 13.2 Å². The number of hydrogen-bond donors (Lipinski definition) is 2. The quantitative estimate of drug-likeness (QED) is 0.250. The summed E-state index contributed by atoms with van der Waals surface area (Å²) in [4.78, 5) is 30.4. The Morgan fingerprint density at radius 3 is 2.28 bits per heavy atom. The number of carbonyl (C=O) groups is 1. The number of halogens is 3. The molecular weight excluding hydrogens is 511 g/mol. The van der Waals surface area contributed by atoms with Crippen LogP contribution in [0, 0.1) is 6.92 Å². The molecule has 0 fully saturated rings. The van der Waals surface area contributed by atoms with Gasteiger partial charge in [0.15, 0.2) is 5.78 Å². The van der Waals surface area contributed by atoms with Gasteiger partial charge in [0.25, 0.3) is 5.56 Å². The fraction of sp³-hybridized carbons (Fsp3) is 0.172. The summed E-state index contributed by atoms with van der Waals surface area (Å²) in [5.41, 5.74) is 1.15. The van der Waals surface area contributed by atoms with Crippen molar-refractivity contribution < 1.29 is 27.4 Å². The maximum atomic E-state index is 14.1. The Bertz CT molecular complexity index is 1730. The number of rotatable bonds is 7. The van der Waals surface area contributed by atoms with Gasteiger partial charge in [-0.1, -0.05) is 6.07 Å². The number of nitrogens with one attached hydrogen (secondary N) is 2. The van der Waals surface area contributed by atoms with Gasteiger partial charge in [0.05, 0.1) is 37.1 Å². The standard InChI is InChI=1S/C29H24F3N3O4/c1-16-26(22-14-21(39-3)11-12-23(22)33-16)27(28(37)17-7-9-20(38-2)10-8-17)24-15-25(36)35(34-24)19-6-4-5-18(13-19)29(30,31)32/h4-15,27,33-34H,1-3H3. The van der Waals surface area contributed by atoms with Gasteiger partial charge in [0.2, 0.25) is 0 Å². The minimum absolute atomic E-state index is 0.00552. The maximum Gasteiger partial charge on any atom is 0.416 e. The molecule has 200 valence electrons. The summed E-state index contributed by atoms with van der Waals surface area (Å²) in [7, 11) is 3.05. The maximum absolute atomic E-state index is 14.1. The molecule has 0 aliphatic heterocycles. The first-order valence-electron chi connectivity index (χ1n) is 11.9. The van der Waals surface area contributed by atoms with Crippen LogP contribution in [-0.2, 0) is 6.18 Å². The van der Waals surface area contributed by atoms with E-state index in [4.69, 9.17) is 9.47 Å². The van der Waals surface area contributed by atoms with Crippen LogP contribution in [0.3, 0.4) is 0 Å². The molecule has 2 heterocycles. The van der Waals surface area contributed by atoms with Crippen molar-refractivity contribution in [1.82, 2.24) is 14.8 Å². The Hall–Kier alpha value is -4.73. The number of ether oxygens (including phenoxy) is 2. The van der Waals surface area contributed by atoms with Crippen molar-refractivity contribution in [2.24, 2.45) is 0 Å². The van der Waals surface area contributed by atoms with Crippen LogP contribution in [0.1, 0.15) is 38.8 Å². The minimum atomic E-state index is -4.58. The summed E-state index contributed by atoms with van der Waals surface area (Å²) in [5.74, 6) is -0.158. The number of aromatic nitrogens is 3. The van der Waals surface area contributed by atoms with Crippen molar-refractivity contribution in [3.05, 3.63) is 111 Å². The summed E-state index contributed by atoms with van der Waals surface area (Å²) in [6, 6.07) is 17.6. The molecule has 1 unspecified atom stereocenters. The summed E-state index contributed by atoms with van der Waals surface area (Å²) in [5, 5.41) is 3.62. The normalized spacial score (nSPS) is 12.5. The zero-order valence-electron chi connectivity index (χ0n) is 21.2. The van der Waals surface area contributed by atoms with Crippen molar-refractivity contribution in [1.29, 1.82) is 0 Å². The second-order valence-electron chi connectivity index (χ2n) is 9.03. The summed E-state index contributed by atoms with van der Waals surface area (Å²) < 4.78 is 51.6. The van der Waals surface area contributed by atoms with E-state index in [-0.39, 0.29) is 17.2 Å². The van der Waals surface area contributed by atoms with Crippen LogP contribution in [0.15, 0.2) is 77.6 Å². The highest BCUT2D eigenvalue weighted by Crippen LogP contribution is 2.37. The molecular formula is C29H24F3N3O4. The Balaban J connectivity index is 1.70. The number of aromatic amines is 2. The summed E-state index contributed by atoms with van der Waals surface area (Å²) in [6.45, 7) is 1.82. The average molecular weight is 536 g/mol. The number of nitrogens with zero attached hydrogens (tertiary/aromatic N) is 1. The third kappa shape index (κ3) is 4.81. The van der Waals surface area contributed by atoms with Gasteiger partial charge in [-0.25, -0.2) is 4.68 Å². The van der Waals surface area contributed by atoms with Gasteiger partial charge in [-0.3, -0.25) is 14.7 Å². The highest BCUT2D eigenvalue weighted by atomic mass is 19.4. The molecule has 5 rings (SSSR count). The number of fused-ring (bicyclic) bond motifs is 1. The van der Waals surface area contributed by atoms with Crippen molar-refractivity contribution in [2.45, 2.75) is 19.0 Å². The fourth-order valence-electron chi connectivity index (χ4n) is 4.75. The zero-order chi connectivity index (χ0) is 27.9. The smallest absolute Gasteiger partial charge is 0.416 e. The van der Waals surface area contributed by atoms with Crippen LogP contribution < -0.4 is 15.0 Å². The average Bonchev–Trinajstić information content (AvgIpc) is 3.47. The molecule has 1 atom stereocenters. The Kier molecular flexibility index (Phi) is 6.55. The molecule has 0 saturated carbocycles. The van der Waals surface area contributed by atoms with E-state index in [2.05, 4.69) is 10.1 Å². The molecule has 39 heavy (non-hydrogen) atoms. The molecule has 0 aliphatic rings. The number of benzene rings is 3. The molecule has 2 aromatic heterocycles. The predicted octanol–water partition coefficient (Wildman–Crippen LogP) is 6.01. The number of alkyl halides is 3. The van der Waals surface area contributed by atoms with Crippen LogP contribution in [0.2, 0.25) is 0 Å². The highest BCUT2D eigenvalue weighted by molar-refractivity contribution is 6.05. The second-order valence-corrected chi connectivity index (χ2v) is 9.03. The number of H-pyrrole nitrogens is 2. The molecule has 0 radical (unpaired) electrons. The first-order chi connectivity index (χ1) is 18.6. The lowest BCUT2D eigenvalue weighted by atomic mass is 9.86. The van der Waals surface area contributed by atoms with Crippen molar-refractivity contribution >= 4 is 16.7 Å². The molecule has 0 bridgehead atoms. The third-order valence-electron chi connectivity index (χ3n) is 6.65. The van der Waals surface area contributed by atoms with Crippen molar-refractivity contribution in [3.63, 3.8) is 0 Å². The zero-order valence-corrected chi connectivity index (χ0v) is 21.2. The molecule has 0 spiro atoms. The molecule has 7 nitrogen and oxygen atoms in total. The Morgan fingerprint density at radius 1 is 0.923 bits per heavy atom. The lowest BCUT2D eigenvalue weighted by Crippen LogP contribution is -2.17. The van der Waals surface area contributed by atoms with Crippen LogP contribution in [0.5, 0.6) is 11.5 Å². The van der Waals surface area contributed by atoms with Crippen LogP contribution in [0.25, 0.3) is 16.6 Å². The van der Waals surface area contributed by atoms with Gasteiger partial charge in [-0.15, -0.1) is 0 Å². The number of methoxy groups -OCH3 is 2. The third-order valence-corrected chi connectivity index (χ3v) is 6.65. The second kappa shape index (κ2) is 9.86. The van der Waals surface area contributed by atoms with Gasteiger partial charge in [-0.2, -0.15) is 13.2 Å². The minimum Gasteiger partial charge on any atom is -0.497 e. The molecule has 3 aromatic carbocycles. The monoisotopic (exact) mass is 535 g/mol. The number of carbonyl (C=O) groups excluding carboxylic acids is 1. The number of Topliss-reactive ketones (excluding diaryl/α,β-unsaturated/α-hetero) is 1. The van der Waals surface area contributed by atoms with Crippen LogP contribution in [-0.4, -0.2) is 34.8 Å². The molecule has 2 N–H and O–H groups in total. The molecule has 10 heteroatoms. The number of ketones is 1. The largest absolute Gasteiger partial charge is 0.497 e. The van der Waals surface area contributed by atoms with Gasteiger partial charge >= 0.3 is 6.18 Å². The predicted molar refractivity (Wildman–Crippen MR) is 140 cm³/mol. The Labute approximate surface area is 220 Å². The van der Waals surface area contributed by atoms with Gasteiger partial charge in [0.1, 0.15) is 11.5 Å². The van der Waals surface area contributed by atoms with E-state index in [1.165, 1.54) is 32.4 Å². The number of hydrogen-bond acceptors (Lipinski definition) is 4. The summed E-state index contributed by atoms with van der Waals surface area (Å²) in [6.07, 6.45) is -4.58. The van der Waals surface area contributed by atoms with E-state index in [0.717, 1.165) is 22.3 Å². The molecule has 0 amide bonds. The first kappa shape index (κ1) is 25.9. The molecule has 0 saturated heterocycles. The lowest BCUT2D eigenvalue weighted by Gasteiger charge is -2.17. The lowest BCUT2D eigenvalue weighted by molar-refractivity contribution is -0.137. The van der Waals surface area contributed by atoms with Crippen molar-refractivity contribution in [3.8, 4) is 17.2 Å². The van der Waals surface area contributed by atoms with E-state index < -0.39 is 23.2 Å². The van der Waals surface area contributed by atoms with Gasteiger partial charge < -0.3 is 14.5 Å². The SMILES string of the molecule is COc1ccc(C(=O)C(c2cc(=O)n(-c3cccc(C(F)(F)F)c3)[nH]2)c2c(C)[nH]c3ccc(OC)cc23)cc1. The van der Waals surface area contributed by atoms with Gasteiger partial charge in [-0.05, 0) is 73.2 Å². The Morgan fingerprint density at radius 2 is 1.62 bits per heavy atom. The van der Waals surface area contributed by atoms with E-state index >= 15 is 0 Å². The van der Waals surface area contributed by atoms with Gasteiger partial charge in [0, 0.05) is 28.2 Å². The fourth-order valence-corrected chi connectivity index (χ4v) is 4.75.